The van der Waals surface area contributed by atoms with Crippen LogP contribution in [0.4, 0.5) is 5.69 Å². The highest BCUT2D eigenvalue weighted by atomic mass is 16.5. The molecule has 0 fully saturated rings. The summed E-state index contributed by atoms with van der Waals surface area (Å²) in [6, 6.07) is 4.89. The fraction of sp³-hybridized carbons (Fsp3) is 0.562. The van der Waals surface area contributed by atoms with Crippen molar-refractivity contribution in [3.63, 3.8) is 0 Å². The second-order valence-corrected chi connectivity index (χ2v) is 4.86. The molecule has 0 saturated heterocycles. The van der Waals surface area contributed by atoms with Crippen molar-refractivity contribution in [3.8, 4) is 11.5 Å². The van der Waals surface area contributed by atoms with Gasteiger partial charge in [0, 0.05) is 11.8 Å². The van der Waals surface area contributed by atoms with Crippen molar-refractivity contribution < 1.29 is 14.3 Å². The molecule has 0 saturated carbocycles. The van der Waals surface area contributed by atoms with Gasteiger partial charge in [-0.05, 0) is 31.4 Å². The molecule has 1 amide bonds. The second-order valence-electron chi connectivity index (χ2n) is 4.86. The van der Waals surface area contributed by atoms with Gasteiger partial charge in [-0.25, -0.2) is 0 Å². The molecule has 0 aliphatic heterocycles. The Balaban J connectivity index is 2.84. The summed E-state index contributed by atoms with van der Waals surface area (Å²) in [7, 11) is 0. The van der Waals surface area contributed by atoms with E-state index < -0.39 is 6.04 Å². The minimum atomic E-state index is -0.499. The third kappa shape index (κ3) is 5.63. The Morgan fingerprint density at radius 3 is 2.33 bits per heavy atom. The van der Waals surface area contributed by atoms with Crippen LogP contribution in [0, 0.1) is 0 Å². The van der Waals surface area contributed by atoms with Crippen LogP contribution in [0.1, 0.15) is 40.0 Å². The summed E-state index contributed by atoms with van der Waals surface area (Å²) in [5.74, 6) is 1.15. The van der Waals surface area contributed by atoms with Gasteiger partial charge < -0.3 is 20.5 Å². The van der Waals surface area contributed by atoms with Crippen molar-refractivity contribution in [2.24, 2.45) is 5.73 Å². The van der Waals surface area contributed by atoms with Gasteiger partial charge in [0.25, 0.3) is 0 Å². The predicted molar refractivity (Wildman–Crippen MR) is 84.9 cm³/mol. The van der Waals surface area contributed by atoms with Gasteiger partial charge in [-0.15, -0.1) is 0 Å². The van der Waals surface area contributed by atoms with Gasteiger partial charge >= 0.3 is 0 Å². The van der Waals surface area contributed by atoms with Crippen molar-refractivity contribution in [2.45, 2.75) is 46.1 Å². The minimum absolute atomic E-state index is 0.193. The van der Waals surface area contributed by atoms with Crippen LogP contribution in [0.5, 0.6) is 11.5 Å². The quantitative estimate of drug-likeness (QED) is 0.734. The Hall–Kier alpha value is -1.75. The van der Waals surface area contributed by atoms with E-state index in [1.54, 1.807) is 12.1 Å². The van der Waals surface area contributed by atoms with Gasteiger partial charge in [0.05, 0.1) is 19.3 Å². The van der Waals surface area contributed by atoms with Crippen LogP contribution in [-0.2, 0) is 4.79 Å². The average molecular weight is 294 g/mol. The Bertz CT molecular complexity index is 449. The van der Waals surface area contributed by atoms with E-state index in [0.29, 0.717) is 36.8 Å². The molecule has 0 bridgehead atoms. The fourth-order valence-corrected chi connectivity index (χ4v) is 1.66. The molecular weight excluding hydrogens is 268 g/mol. The van der Waals surface area contributed by atoms with Crippen molar-refractivity contribution in [2.75, 3.05) is 18.5 Å². The maximum Gasteiger partial charge on any atom is 0.241 e. The van der Waals surface area contributed by atoms with Crippen molar-refractivity contribution in [1.82, 2.24) is 0 Å². The Morgan fingerprint density at radius 1 is 1.14 bits per heavy atom. The molecule has 0 radical (unpaired) electrons. The molecule has 1 aromatic carbocycles. The normalized spacial score (nSPS) is 11.8. The third-order valence-corrected chi connectivity index (χ3v) is 2.91. The van der Waals surface area contributed by atoms with Gasteiger partial charge in [-0.1, -0.05) is 20.8 Å². The van der Waals surface area contributed by atoms with Crippen LogP contribution in [-0.4, -0.2) is 25.2 Å². The Kier molecular flexibility index (Phi) is 7.61. The number of hydrogen-bond acceptors (Lipinski definition) is 4. The summed E-state index contributed by atoms with van der Waals surface area (Å²) in [4.78, 5) is 11.8. The summed E-state index contributed by atoms with van der Waals surface area (Å²) in [6.07, 6.45) is 2.43. The monoisotopic (exact) mass is 294 g/mol. The number of ether oxygens (including phenoxy) is 2. The second kappa shape index (κ2) is 9.23. The first-order valence-electron chi connectivity index (χ1n) is 7.58. The summed E-state index contributed by atoms with van der Waals surface area (Å²) in [6.45, 7) is 7.21. The van der Waals surface area contributed by atoms with E-state index in [-0.39, 0.29) is 5.91 Å². The number of hydrogen-bond donors (Lipinski definition) is 2. The molecule has 5 heteroatoms. The van der Waals surface area contributed by atoms with Crippen molar-refractivity contribution >= 4 is 11.6 Å². The van der Waals surface area contributed by atoms with Crippen LogP contribution in [0.3, 0.4) is 0 Å². The van der Waals surface area contributed by atoms with Crippen LogP contribution in [0.15, 0.2) is 18.2 Å². The number of anilines is 1. The number of nitrogens with two attached hydrogens (primary N) is 1. The first-order valence-corrected chi connectivity index (χ1v) is 7.58. The maximum absolute atomic E-state index is 11.8. The molecule has 0 heterocycles. The molecule has 0 aliphatic carbocycles. The van der Waals surface area contributed by atoms with Crippen molar-refractivity contribution in [3.05, 3.63) is 18.2 Å². The standard InChI is InChI=1S/C16H26N2O3/c1-4-9-20-14-8-7-12(11-15(14)21-10-5-2)18-16(19)13(17)6-3/h7-8,11,13H,4-6,9-10,17H2,1-3H3,(H,18,19)/t13-/m1/s1. The summed E-state index contributed by atoms with van der Waals surface area (Å²) < 4.78 is 11.3. The minimum Gasteiger partial charge on any atom is -0.490 e. The lowest BCUT2D eigenvalue weighted by molar-refractivity contribution is -0.117. The van der Waals surface area contributed by atoms with Gasteiger partial charge in [0.1, 0.15) is 0 Å². The highest BCUT2D eigenvalue weighted by Gasteiger charge is 2.13. The molecule has 118 valence electrons. The van der Waals surface area contributed by atoms with E-state index in [2.05, 4.69) is 5.32 Å². The topological polar surface area (TPSA) is 73.6 Å². The van der Waals surface area contributed by atoms with E-state index in [9.17, 15) is 4.79 Å². The van der Waals surface area contributed by atoms with Gasteiger partial charge in [-0.2, -0.15) is 0 Å². The number of nitrogens with one attached hydrogen (secondary N) is 1. The Labute approximate surface area is 126 Å². The zero-order valence-corrected chi connectivity index (χ0v) is 13.1. The highest BCUT2D eigenvalue weighted by molar-refractivity contribution is 5.94. The number of carbonyl (C=O) groups is 1. The van der Waals surface area contributed by atoms with E-state index in [1.165, 1.54) is 0 Å². The molecule has 1 atom stereocenters. The fourth-order valence-electron chi connectivity index (χ4n) is 1.66. The first kappa shape index (κ1) is 17.3. The molecule has 1 aromatic rings. The number of carbonyl (C=O) groups excluding carboxylic acids is 1. The number of amides is 1. The smallest absolute Gasteiger partial charge is 0.241 e. The summed E-state index contributed by atoms with van der Waals surface area (Å²) in [5, 5.41) is 2.79. The van der Waals surface area contributed by atoms with Gasteiger partial charge in [-0.3, -0.25) is 4.79 Å². The number of rotatable bonds is 9. The molecule has 0 unspecified atom stereocenters. The molecule has 0 aromatic heterocycles. The molecule has 0 spiro atoms. The number of benzene rings is 1. The van der Waals surface area contributed by atoms with Crippen molar-refractivity contribution in [1.29, 1.82) is 0 Å². The van der Waals surface area contributed by atoms with E-state index >= 15 is 0 Å². The van der Waals surface area contributed by atoms with Gasteiger partial charge in [0.15, 0.2) is 11.5 Å². The molecule has 1 rings (SSSR count). The molecule has 0 aliphatic rings. The lowest BCUT2D eigenvalue weighted by Gasteiger charge is -2.15. The van der Waals surface area contributed by atoms with E-state index in [1.807, 2.05) is 26.8 Å². The molecular formula is C16H26N2O3. The summed E-state index contributed by atoms with van der Waals surface area (Å²) >= 11 is 0. The summed E-state index contributed by atoms with van der Waals surface area (Å²) in [5.41, 5.74) is 6.38. The third-order valence-electron chi connectivity index (χ3n) is 2.91. The maximum atomic E-state index is 11.8. The lowest BCUT2D eigenvalue weighted by atomic mass is 10.2. The van der Waals surface area contributed by atoms with E-state index in [4.69, 9.17) is 15.2 Å². The largest absolute Gasteiger partial charge is 0.490 e. The lowest BCUT2D eigenvalue weighted by Crippen LogP contribution is -2.34. The first-order chi connectivity index (χ1) is 10.1. The van der Waals surface area contributed by atoms with Crippen LogP contribution in [0.2, 0.25) is 0 Å². The van der Waals surface area contributed by atoms with Gasteiger partial charge in [0.2, 0.25) is 5.91 Å². The highest BCUT2D eigenvalue weighted by Crippen LogP contribution is 2.31. The Morgan fingerprint density at radius 2 is 1.76 bits per heavy atom. The molecule has 3 N–H and O–H groups in total. The van der Waals surface area contributed by atoms with Crippen LogP contribution < -0.4 is 20.5 Å². The van der Waals surface area contributed by atoms with Crippen LogP contribution >= 0.6 is 0 Å². The van der Waals surface area contributed by atoms with E-state index in [0.717, 1.165) is 12.8 Å². The average Bonchev–Trinajstić information content (AvgIpc) is 2.50. The van der Waals surface area contributed by atoms with Crippen LogP contribution in [0.25, 0.3) is 0 Å². The molecule has 21 heavy (non-hydrogen) atoms. The predicted octanol–water partition coefficient (Wildman–Crippen LogP) is 2.94. The zero-order valence-electron chi connectivity index (χ0n) is 13.1. The molecule has 5 nitrogen and oxygen atoms in total. The SMILES string of the molecule is CCCOc1ccc(NC(=O)[C@H](N)CC)cc1OCCC. The zero-order chi connectivity index (χ0) is 15.7.